The summed E-state index contributed by atoms with van der Waals surface area (Å²) in [6, 6.07) is 3.99. The van der Waals surface area contributed by atoms with E-state index >= 15 is 0 Å². The van der Waals surface area contributed by atoms with Gasteiger partial charge in [-0.15, -0.1) is 0 Å². The van der Waals surface area contributed by atoms with Crippen molar-refractivity contribution < 1.29 is 25.2 Å². The van der Waals surface area contributed by atoms with Crippen molar-refractivity contribution in [1.82, 2.24) is 0 Å². The Bertz CT molecular complexity index is 361. The molecule has 1 atom stereocenters. The van der Waals surface area contributed by atoms with Crippen LogP contribution in [0.5, 0.6) is 5.75 Å². The summed E-state index contributed by atoms with van der Waals surface area (Å²) in [5.41, 5.74) is 0.596. The van der Waals surface area contributed by atoms with Crippen LogP contribution in [0.1, 0.15) is 17.2 Å². The molecule has 5 nitrogen and oxygen atoms in total. The summed E-state index contributed by atoms with van der Waals surface area (Å²) in [7, 11) is 0. The highest BCUT2D eigenvalue weighted by molar-refractivity contribution is 5.74. The van der Waals surface area contributed by atoms with Gasteiger partial charge in [-0.2, -0.15) is 0 Å². The Balaban J connectivity index is 3.01. The third kappa shape index (κ3) is 2.68. The average molecular weight is 212 g/mol. The molecule has 4 N–H and O–H groups in total. The van der Waals surface area contributed by atoms with Gasteiger partial charge in [0.2, 0.25) is 0 Å². The molecule has 1 unspecified atom stereocenters. The summed E-state index contributed by atoms with van der Waals surface area (Å²) in [5, 5.41) is 35.8. The monoisotopic (exact) mass is 212 g/mol. The number of aliphatic carboxylic acids is 1. The van der Waals surface area contributed by atoms with Crippen molar-refractivity contribution in [2.24, 2.45) is 0 Å². The van der Waals surface area contributed by atoms with Crippen LogP contribution >= 0.6 is 0 Å². The van der Waals surface area contributed by atoms with Gasteiger partial charge in [-0.1, -0.05) is 6.07 Å². The minimum Gasteiger partial charge on any atom is -0.508 e. The minimum atomic E-state index is -1.61. The average Bonchev–Trinajstić information content (AvgIpc) is 2.20. The zero-order chi connectivity index (χ0) is 11.4. The molecule has 0 saturated carbocycles. The Morgan fingerprint density at radius 2 is 2.07 bits per heavy atom. The molecule has 5 heteroatoms. The number of hydrogen-bond acceptors (Lipinski definition) is 4. The van der Waals surface area contributed by atoms with Crippen LogP contribution in [0, 0.1) is 0 Å². The van der Waals surface area contributed by atoms with E-state index < -0.39 is 12.1 Å². The number of carboxylic acids is 1. The van der Waals surface area contributed by atoms with Gasteiger partial charge >= 0.3 is 5.97 Å². The van der Waals surface area contributed by atoms with E-state index in [1.165, 1.54) is 18.2 Å². The number of carboxylic acid groups (broad SMARTS) is 1. The number of aliphatic hydroxyl groups is 2. The maximum absolute atomic E-state index is 10.5. The zero-order valence-electron chi connectivity index (χ0n) is 7.92. The fourth-order valence-electron chi connectivity index (χ4n) is 1.24. The predicted octanol–water partition coefficient (Wildman–Crippen LogP) is 0.0450. The second-order valence-electron chi connectivity index (χ2n) is 3.10. The van der Waals surface area contributed by atoms with Crippen LogP contribution in [0.15, 0.2) is 18.2 Å². The van der Waals surface area contributed by atoms with Crippen molar-refractivity contribution in [3.05, 3.63) is 29.3 Å². The van der Waals surface area contributed by atoms with Crippen LogP contribution in [0.4, 0.5) is 0 Å². The Kier molecular flexibility index (Phi) is 3.65. The first-order chi connectivity index (χ1) is 7.06. The lowest BCUT2D eigenvalue weighted by Crippen LogP contribution is -2.10. The van der Waals surface area contributed by atoms with Crippen LogP contribution < -0.4 is 0 Å². The van der Waals surface area contributed by atoms with Crippen LogP contribution in [0.25, 0.3) is 0 Å². The summed E-state index contributed by atoms with van der Waals surface area (Å²) in [6.07, 6.45) is -1.39. The molecule has 82 valence electrons. The van der Waals surface area contributed by atoms with Gasteiger partial charge in [-0.3, -0.25) is 0 Å². The van der Waals surface area contributed by atoms with Crippen molar-refractivity contribution in [2.45, 2.75) is 12.5 Å². The number of benzene rings is 1. The molecule has 0 bridgehead atoms. The molecule has 0 aliphatic rings. The lowest BCUT2D eigenvalue weighted by Gasteiger charge is -2.09. The number of carbonyl (C=O) groups is 1. The Labute approximate surface area is 86.2 Å². The van der Waals surface area contributed by atoms with Crippen molar-refractivity contribution in [2.75, 3.05) is 6.61 Å². The summed E-state index contributed by atoms with van der Waals surface area (Å²) in [4.78, 5) is 10.5. The third-order valence-electron chi connectivity index (χ3n) is 2.03. The van der Waals surface area contributed by atoms with Gasteiger partial charge in [0.05, 0.1) is 0 Å². The van der Waals surface area contributed by atoms with E-state index in [1.54, 1.807) is 0 Å². The fraction of sp³-hybridized carbons (Fsp3) is 0.300. The second kappa shape index (κ2) is 4.77. The molecule has 1 aromatic rings. The zero-order valence-corrected chi connectivity index (χ0v) is 7.92. The van der Waals surface area contributed by atoms with E-state index in [9.17, 15) is 15.0 Å². The SMILES string of the molecule is O=C(O)C(O)c1ccc(O)c(CCO)c1. The normalized spacial score (nSPS) is 12.4. The van der Waals surface area contributed by atoms with Crippen molar-refractivity contribution in [1.29, 1.82) is 0 Å². The molecule has 0 aromatic heterocycles. The number of phenols is 1. The lowest BCUT2D eigenvalue weighted by atomic mass is 10.0. The highest BCUT2D eigenvalue weighted by atomic mass is 16.4. The molecule has 0 aliphatic heterocycles. The Hall–Kier alpha value is -1.59. The highest BCUT2D eigenvalue weighted by Crippen LogP contribution is 2.22. The standard InChI is InChI=1S/C10H12O5/c11-4-3-6-5-7(1-2-8(6)12)9(13)10(14)15/h1-2,5,9,11-13H,3-4H2,(H,14,15). The fourth-order valence-corrected chi connectivity index (χ4v) is 1.24. The lowest BCUT2D eigenvalue weighted by molar-refractivity contribution is -0.146. The van der Waals surface area contributed by atoms with E-state index in [0.717, 1.165) is 0 Å². The van der Waals surface area contributed by atoms with Crippen molar-refractivity contribution in [3.63, 3.8) is 0 Å². The van der Waals surface area contributed by atoms with Crippen molar-refractivity contribution in [3.8, 4) is 5.75 Å². The van der Waals surface area contributed by atoms with Gasteiger partial charge < -0.3 is 20.4 Å². The van der Waals surface area contributed by atoms with E-state index in [4.69, 9.17) is 10.2 Å². The summed E-state index contributed by atoms with van der Waals surface area (Å²) >= 11 is 0. The molecule has 0 radical (unpaired) electrons. The van der Waals surface area contributed by atoms with Crippen LogP contribution in [-0.2, 0) is 11.2 Å². The maximum Gasteiger partial charge on any atom is 0.337 e. The van der Waals surface area contributed by atoms with E-state index in [-0.39, 0.29) is 24.3 Å². The second-order valence-corrected chi connectivity index (χ2v) is 3.10. The quantitative estimate of drug-likeness (QED) is 0.565. The van der Waals surface area contributed by atoms with Gasteiger partial charge in [-0.25, -0.2) is 4.79 Å². The number of aliphatic hydroxyl groups excluding tert-OH is 2. The number of phenolic OH excluding ortho intramolecular Hbond substituents is 1. The highest BCUT2D eigenvalue weighted by Gasteiger charge is 2.16. The van der Waals surface area contributed by atoms with Gasteiger partial charge in [0.15, 0.2) is 6.10 Å². The Morgan fingerprint density at radius 1 is 1.40 bits per heavy atom. The van der Waals surface area contributed by atoms with E-state index in [2.05, 4.69) is 0 Å². The van der Waals surface area contributed by atoms with Gasteiger partial charge in [0.25, 0.3) is 0 Å². The molecule has 0 fully saturated rings. The molecule has 1 aromatic carbocycles. The first kappa shape index (κ1) is 11.5. The van der Waals surface area contributed by atoms with Crippen LogP contribution in [0.3, 0.4) is 0 Å². The molecule has 15 heavy (non-hydrogen) atoms. The molecule has 1 rings (SSSR count). The van der Waals surface area contributed by atoms with E-state index in [1.807, 2.05) is 0 Å². The molecule has 0 heterocycles. The molecular formula is C10H12O5. The molecule has 0 spiro atoms. The van der Waals surface area contributed by atoms with Gasteiger partial charge in [0.1, 0.15) is 5.75 Å². The Morgan fingerprint density at radius 3 is 2.60 bits per heavy atom. The molecule has 0 aliphatic carbocycles. The predicted molar refractivity (Wildman–Crippen MR) is 51.5 cm³/mol. The third-order valence-corrected chi connectivity index (χ3v) is 2.03. The first-order valence-electron chi connectivity index (χ1n) is 4.39. The van der Waals surface area contributed by atoms with Crippen LogP contribution in [-0.4, -0.2) is 33.0 Å². The number of rotatable bonds is 4. The molecular weight excluding hydrogens is 200 g/mol. The topological polar surface area (TPSA) is 98.0 Å². The van der Waals surface area contributed by atoms with Gasteiger partial charge in [-0.05, 0) is 29.7 Å². The van der Waals surface area contributed by atoms with Crippen molar-refractivity contribution >= 4 is 5.97 Å². The molecule has 0 amide bonds. The summed E-state index contributed by atoms with van der Waals surface area (Å²) in [6.45, 7) is -0.153. The first-order valence-corrected chi connectivity index (χ1v) is 4.39. The number of hydrogen-bond donors (Lipinski definition) is 4. The van der Waals surface area contributed by atoms with Gasteiger partial charge in [0, 0.05) is 6.61 Å². The van der Waals surface area contributed by atoms with Crippen LogP contribution in [0.2, 0.25) is 0 Å². The maximum atomic E-state index is 10.5. The van der Waals surface area contributed by atoms with E-state index in [0.29, 0.717) is 5.56 Å². The summed E-state index contributed by atoms with van der Waals surface area (Å²) < 4.78 is 0. The molecule has 0 saturated heterocycles. The largest absolute Gasteiger partial charge is 0.508 e. The summed E-state index contributed by atoms with van der Waals surface area (Å²) in [5.74, 6) is -1.37. The number of aromatic hydroxyl groups is 1. The smallest absolute Gasteiger partial charge is 0.337 e. The minimum absolute atomic E-state index is 0.0228.